The Bertz CT molecular complexity index is 680. The number of hydrogen-bond donors (Lipinski definition) is 1. The molecule has 1 aromatic heterocycles. The van der Waals surface area contributed by atoms with Crippen molar-refractivity contribution in [3.8, 4) is 11.4 Å². The summed E-state index contributed by atoms with van der Waals surface area (Å²) in [5.74, 6) is 1.46. The van der Waals surface area contributed by atoms with E-state index in [0.717, 1.165) is 51.1 Å². The molecule has 2 aromatic rings. The first-order chi connectivity index (χ1) is 12.7. The molecule has 1 aliphatic heterocycles. The number of benzene rings is 1. The Hall–Kier alpha value is -2.25. The van der Waals surface area contributed by atoms with Crippen LogP contribution in [-0.4, -0.2) is 71.7 Å². The second kappa shape index (κ2) is 9.45. The Balaban J connectivity index is 1.36. The smallest absolute Gasteiger partial charge is 0.234 e. The van der Waals surface area contributed by atoms with Gasteiger partial charge in [-0.3, -0.25) is 9.69 Å². The highest BCUT2D eigenvalue weighted by Gasteiger charge is 2.18. The highest BCUT2D eigenvalue weighted by molar-refractivity contribution is 5.77. The maximum absolute atomic E-state index is 11.6. The van der Waals surface area contributed by atoms with Gasteiger partial charge in [0, 0.05) is 44.7 Å². The van der Waals surface area contributed by atoms with Gasteiger partial charge in [0.15, 0.2) is 0 Å². The van der Waals surface area contributed by atoms with Gasteiger partial charge < -0.3 is 14.7 Å². The van der Waals surface area contributed by atoms with Crippen LogP contribution in [0, 0.1) is 0 Å². The van der Waals surface area contributed by atoms with Crippen molar-refractivity contribution in [1.29, 1.82) is 0 Å². The summed E-state index contributed by atoms with van der Waals surface area (Å²) in [5.41, 5.74) is 0.978. The molecular weight excluding hydrogens is 330 g/mol. The van der Waals surface area contributed by atoms with E-state index in [1.165, 1.54) is 0 Å². The summed E-state index contributed by atoms with van der Waals surface area (Å²) in [7, 11) is 0. The summed E-state index contributed by atoms with van der Waals surface area (Å²) < 4.78 is 5.36. The molecule has 0 aliphatic carbocycles. The van der Waals surface area contributed by atoms with Crippen LogP contribution in [0.1, 0.15) is 19.2 Å². The number of likely N-dealkylation sites (N-methyl/N-ethyl adjacent to an activating group) is 1. The van der Waals surface area contributed by atoms with Crippen molar-refractivity contribution in [3.05, 3.63) is 36.2 Å². The van der Waals surface area contributed by atoms with Crippen molar-refractivity contribution < 1.29 is 9.32 Å². The van der Waals surface area contributed by atoms with Crippen LogP contribution in [0.15, 0.2) is 34.9 Å². The van der Waals surface area contributed by atoms with Gasteiger partial charge in [0.2, 0.25) is 17.6 Å². The Kier molecular flexibility index (Phi) is 6.74. The first-order valence-corrected chi connectivity index (χ1v) is 9.34. The van der Waals surface area contributed by atoms with E-state index in [2.05, 4.69) is 25.3 Å². The molecule has 7 nitrogen and oxygen atoms in total. The lowest BCUT2D eigenvalue weighted by Crippen LogP contribution is -2.49. The largest absolute Gasteiger partial charge is 0.355 e. The van der Waals surface area contributed by atoms with Crippen LogP contribution in [0.4, 0.5) is 0 Å². The summed E-state index contributed by atoms with van der Waals surface area (Å²) in [5, 5.41) is 6.91. The van der Waals surface area contributed by atoms with Crippen molar-refractivity contribution >= 4 is 5.91 Å². The van der Waals surface area contributed by atoms with Crippen molar-refractivity contribution in [3.63, 3.8) is 0 Å². The number of aryl methyl sites for hydroxylation is 1. The van der Waals surface area contributed by atoms with Gasteiger partial charge in [0.1, 0.15) is 0 Å². The molecule has 0 bridgehead atoms. The first kappa shape index (κ1) is 18.5. The number of aromatic nitrogens is 2. The van der Waals surface area contributed by atoms with Crippen molar-refractivity contribution in [2.75, 3.05) is 45.8 Å². The Morgan fingerprint density at radius 1 is 1.15 bits per heavy atom. The zero-order valence-electron chi connectivity index (χ0n) is 15.4. The van der Waals surface area contributed by atoms with Gasteiger partial charge in [-0.1, -0.05) is 35.5 Å². The van der Waals surface area contributed by atoms with Crippen molar-refractivity contribution in [1.82, 2.24) is 25.3 Å². The second-order valence-corrected chi connectivity index (χ2v) is 6.55. The highest BCUT2D eigenvalue weighted by Crippen LogP contribution is 2.15. The van der Waals surface area contributed by atoms with E-state index in [4.69, 9.17) is 4.52 Å². The molecule has 0 saturated carbocycles. The normalized spacial score (nSPS) is 15.9. The predicted molar refractivity (Wildman–Crippen MR) is 99.6 cm³/mol. The van der Waals surface area contributed by atoms with Gasteiger partial charge in [-0.25, -0.2) is 0 Å². The van der Waals surface area contributed by atoms with E-state index in [9.17, 15) is 4.79 Å². The molecule has 1 fully saturated rings. The number of hydrogen-bond acceptors (Lipinski definition) is 6. The van der Waals surface area contributed by atoms with Crippen LogP contribution >= 0.6 is 0 Å². The molecule has 1 amide bonds. The van der Waals surface area contributed by atoms with E-state index in [-0.39, 0.29) is 5.91 Å². The van der Waals surface area contributed by atoms with Crippen LogP contribution in [0.2, 0.25) is 0 Å². The van der Waals surface area contributed by atoms with Crippen LogP contribution in [-0.2, 0) is 11.2 Å². The fourth-order valence-corrected chi connectivity index (χ4v) is 3.14. The van der Waals surface area contributed by atoms with E-state index in [1.807, 2.05) is 37.3 Å². The van der Waals surface area contributed by atoms with Crippen LogP contribution in [0.3, 0.4) is 0 Å². The minimum absolute atomic E-state index is 0.117. The zero-order chi connectivity index (χ0) is 18.2. The van der Waals surface area contributed by atoms with Crippen molar-refractivity contribution in [2.24, 2.45) is 0 Å². The lowest BCUT2D eigenvalue weighted by molar-refractivity contribution is -0.122. The lowest BCUT2D eigenvalue weighted by Gasteiger charge is -2.34. The quantitative estimate of drug-likeness (QED) is 0.770. The third-order valence-corrected chi connectivity index (χ3v) is 4.57. The predicted octanol–water partition coefficient (Wildman–Crippen LogP) is 1.42. The molecule has 26 heavy (non-hydrogen) atoms. The molecule has 0 radical (unpaired) electrons. The molecule has 3 rings (SSSR count). The SMILES string of the molecule is CCNC(=O)CN1CCN(CCCc2nc(-c3ccccc3)no2)CC1. The average molecular weight is 357 g/mol. The fourth-order valence-electron chi connectivity index (χ4n) is 3.14. The number of piperazine rings is 1. The van der Waals surface area contributed by atoms with Gasteiger partial charge in [0.05, 0.1) is 6.54 Å². The minimum atomic E-state index is 0.117. The molecular formula is C19H27N5O2. The lowest BCUT2D eigenvalue weighted by atomic mass is 10.2. The molecule has 7 heteroatoms. The molecule has 1 aromatic carbocycles. The van der Waals surface area contributed by atoms with Gasteiger partial charge in [-0.05, 0) is 19.9 Å². The van der Waals surface area contributed by atoms with E-state index >= 15 is 0 Å². The Labute approximate surface area is 154 Å². The average Bonchev–Trinajstić information content (AvgIpc) is 3.13. The summed E-state index contributed by atoms with van der Waals surface area (Å²) >= 11 is 0. The van der Waals surface area contributed by atoms with Crippen molar-refractivity contribution in [2.45, 2.75) is 19.8 Å². The monoisotopic (exact) mass is 357 g/mol. The molecule has 0 unspecified atom stereocenters. The number of nitrogens with zero attached hydrogens (tertiary/aromatic N) is 4. The van der Waals surface area contributed by atoms with Gasteiger partial charge in [0.25, 0.3) is 0 Å². The fraction of sp³-hybridized carbons (Fsp3) is 0.526. The highest BCUT2D eigenvalue weighted by atomic mass is 16.5. The number of nitrogens with one attached hydrogen (secondary N) is 1. The Morgan fingerprint density at radius 2 is 1.88 bits per heavy atom. The number of rotatable bonds is 8. The topological polar surface area (TPSA) is 74.5 Å². The summed E-state index contributed by atoms with van der Waals surface area (Å²) in [6.07, 6.45) is 1.78. The number of carbonyl (C=O) groups excluding carboxylic acids is 1. The van der Waals surface area contributed by atoms with E-state index in [0.29, 0.717) is 24.8 Å². The van der Waals surface area contributed by atoms with Crippen LogP contribution in [0.25, 0.3) is 11.4 Å². The summed E-state index contributed by atoms with van der Waals surface area (Å²) in [4.78, 5) is 20.8. The van der Waals surface area contributed by atoms with Crippen LogP contribution < -0.4 is 5.32 Å². The maximum Gasteiger partial charge on any atom is 0.234 e. The third-order valence-electron chi connectivity index (χ3n) is 4.57. The molecule has 1 saturated heterocycles. The first-order valence-electron chi connectivity index (χ1n) is 9.34. The van der Waals surface area contributed by atoms with Crippen LogP contribution in [0.5, 0.6) is 0 Å². The standard InChI is InChI=1S/C19H27N5O2/c1-2-20-17(25)15-24-13-11-23(12-14-24)10-6-9-18-21-19(22-26-18)16-7-4-3-5-8-16/h3-5,7-8H,2,6,9-15H2,1H3,(H,20,25). The van der Waals surface area contributed by atoms with Gasteiger partial charge in [-0.2, -0.15) is 4.98 Å². The van der Waals surface area contributed by atoms with Gasteiger partial charge in [-0.15, -0.1) is 0 Å². The number of amides is 1. The maximum atomic E-state index is 11.6. The molecule has 0 spiro atoms. The zero-order valence-corrected chi connectivity index (χ0v) is 15.4. The molecule has 140 valence electrons. The minimum Gasteiger partial charge on any atom is -0.355 e. The third kappa shape index (κ3) is 5.37. The Morgan fingerprint density at radius 3 is 2.62 bits per heavy atom. The number of carbonyl (C=O) groups is 1. The van der Waals surface area contributed by atoms with E-state index in [1.54, 1.807) is 0 Å². The summed E-state index contributed by atoms with van der Waals surface area (Å²) in [6, 6.07) is 9.87. The second-order valence-electron chi connectivity index (χ2n) is 6.55. The molecule has 1 aliphatic rings. The molecule has 0 atom stereocenters. The van der Waals surface area contributed by atoms with Gasteiger partial charge >= 0.3 is 0 Å². The summed E-state index contributed by atoms with van der Waals surface area (Å²) in [6.45, 7) is 8.04. The molecule has 1 N–H and O–H groups in total. The molecule has 2 heterocycles. The van der Waals surface area contributed by atoms with E-state index < -0.39 is 0 Å².